The molecule has 2 aromatic carbocycles. The molecule has 5 N–H and O–H groups in total. The van der Waals surface area contributed by atoms with Crippen LogP contribution in [0, 0.1) is 11.8 Å². The van der Waals surface area contributed by atoms with Gasteiger partial charge in [-0.1, -0.05) is 48.7 Å². The van der Waals surface area contributed by atoms with Gasteiger partial charge < -0.3 is 26.0 Å². The molecule has 7 nitrogen and oxygen atoms in total. The van der Waals surface area contributed by atoms with Gasteiger partial charge in [0.05, 0.1) is 12.5 Å². The van der Waals surface area contributed by atoms with Crippen LogP contribution in [0.4, 0.5) is 0 Å². The van der Waals surface area contributed by atoms with E-state index in [9.17, 15) is 14.7 Å². The van der Waals surface area contributed by atoms with E-state index in [-0.39, 0.29) is 12.5 Å². The highest BCUT2D eigenvalue weighted by atomic mass is 16.6. The Kier molecular flexibility index (Phi) is 12.1. The number of aliphatic hydroxyl groups excluding tert-OH is 1. The summed E-state index contributed by atoms with van der Waals surface area (Å²) in [6.07, 6.45) is 7.18. The van der Waals surface area contributed by atoms with E-state index in [2.05, 4.69) is 36.1 Å². The molecule has 0 saturated carbocycles. The van der Waals surface area contributed by atoms with Crippen molar-refractivity contribution in [1.29, 1.82) is 0 Å². The molecule has 0 amide bonds. The molecule has 0 aromatic heterocycles. The number of rotatable bonds is 12. The molecule has 1 aliphatic carbocycles. The van der Waals surface area contributed by atoms with Crippen molar-refractivity contribution in [3.63, 3.8) is 0 Å². The van der Waals surface area contributed by atoms with E-state index in [1.54, 1.807) is 0 Å². The Morgan fingerprint density at radius 1 is 1.08 bits per heavy atom. The Morgan fingerprint density at radius 2 is 1.89 bits per heavy atom. The van der Waals surface area contributed by atoms with Crippen molar-refractivity contribution in [2.24, 2.45) is 11.5 Å². The first-order chi connectivity index (χ1) is 18.4. The lowest BCUT2D eigenvalue weighted by atomic mass is 9.91. The van der Waals surface area contributed by atoms with E-state index in [4.69, 9.17) is 20.9 Å². The molecule has 3 rings (SSSR count). The lowest BCUT2D eigenvalue weighted by Crippen LogP contribution is -2.33. The van der Waals surface area contributed by atoms with Crippen molar-refractivity contribution in [3.05, 3.63) is 71.3 Å². The molecule has 0 fully saturated rings. The number of ether oxygens (including phenoxy) is 2. The standard InChI is InChI=1S/C31H38N2O5/c32-20-5-4-10-29(33)31(36)38-30(35)11-3-1-2-7-23-12-18-28(19-13-23)37-22-24-8-6-9-26(21-24)25-14-16-27(34)17-15-25/h6,8-9,12-14,18-19,21,27,29,34H,3-5,7,10-11,15-17,20,22,32-33H2/t27?,29-/m0/s1. The predicted octanol–water partition coefficient (Wildman–Crippen LogP) is 4.05. The molecule has 0 bridgehead atoms. The third-order valence-corrected chi connectivity index (χ3v) is 6.37. The van der Waals surface area contributed by atoms with Crippen molar-refractivity contribution < 1.29 is 24.2 Å². The van der Waals surface area contributed by atoms with Gasteiger partial charge in [0.1, 0.15) is 18.4 Å². The molecule has 0 radical (unpaired) electrons. The number of hydrogen-bond donors (Lipinski definition) is 3. The summed E-state index contributed by atoms with van der Waals surface area (Å²) in [5.41, 5.74) is 15.8. The smallest absolute Gasteiger partial charge is 0.330 e. The first-order valence-corrected chi connectivity index (χ1v) is 13.3. The minimum Gasteiger partial charge on any atom is -0.489 e. The maximum Gasteiger partial charge on any atom is 0.330 e. The highest BCUT2D eigenvalue weighted by Crippen LogP contribution is 2.27. The van der Waals surface area contributed by atoms with E-state index in [1.807, 2.05) is 30.3 Å². The summed E-state index contributed by atoms with van der Waals surface area (Å²) in [6, 6.07) is 15.3. The van der Waals surface area contributed by atoms with E-state index in [1.165, 1.54) is 11.1 Å². The first kappa shape index (κ1) is 29.1. The minimum atomic E-state index is -0.802. The lowest BCUT2D eigenvalue weighted by molar-refractivity contribution is -0.160. The number of esters is 2. The van der Waals surface area contributed by atoms with Crippen LogP contribution in [0.2, 0.25) is 0 Å². The van der Waals surface area contributed by atoms with Crippen molar-refractivity contribution in [2.45, 2.75) is 76.5 Å². The molecule has 1 unspecified atom stereocenters. The molecule has 7 heteroatoms. The molecule has 0 spiro atoms. The van der Waals surface area contributed by atoms with E-state index in [0.29, 0.717) is 38.8 Å². The highest BCUT2D eigenvalue weighted by molar-refractivity contribution is 5.88. The molecular formula is C31H38N2O5. The van der Waals surface area contributed by atoms with Crippen molar-refractivity contribution in [3.8, 4) is 17.6 Å². The van der Waals surface area contributed by atoms with Gasteiger partial charge in [0.15, 0.2) is 0 Å². The fourth-order valence-electron chi connectivity index (χ4n) is 4.10. The molecule has 38 heavy (non-hydrogen) atoms. The Morgan fingerprint density at radius 3 is 2.63 bits per heavy atom. The zero-order valence-electron chi connectivity index (χ0n) is 21.9. The van der Waals surface area contributed by atoms with Crippen molar-refractivity contribution in [1.82, 2.24) is 0 Å². The van der Waals surface area contributed by atoms with Gasteiger partial charge >= 0.3 is 11.9 Å². The van der Waals surface area contributed by atoms with Crippen molar-refractivity contribution in [2.75, 3.05) is 6.54 Å². The summed E-state index contributed by atoms with van der Waals surface area (Å²) in [5, 5.41) is 9.71. The lowest BCUT2D eigenvalue weighted by Gasteiger charge is -2.18. The van der Waals surface area contributed by atoms with Crippen molar-refractivity contribution >= 4 is 17.5 Å². The highest BCUT2D eigenvalue weighted by Gasteiger charge is 2.18. The first-order valence-electron chi connectivity index (χ1n) is 13.3. The minimum absolute atomic E-state index is 0.0431. The topological polar surface area (TPSA) is 125 Å². The molecule has 0 heterocycles. The molecule has 0 saturated heterocycles. The van der Waals surface area contributed by atoms with Gasteiger partial charge in [-0.15, -0.1) is 5.92 Å². The van der Waals surface area contributed by atoms with E-state index < -0.39 is 18.0 Å². The Balaban J connectivity index is 1.37. The molecule has 0 aliphatic heterocycles. The third-order valence-electron chi connectivity index (χ3n) is 6.37. The summed E-state index contributed by atoms with van der Waals surface area (Å²) in [7, 11) is 0. The van der Waals surface area contributed by atoms with Crippen LogP contribution < -0.4 is 16.2 Å². The van der Waals surface area contributed by atoms with Gasteiger partial charge in [-0.2, -0.15) is 0 Å². The van der Waals surface area contributed by atoms with Gasteiger partial charge in [-0.05, 0) is 79.1 Å². The van der Waals surface area contributed by atoms with Gasteiger partial charge in [0.2, 0.25) is 0 Å². The maximum absolute atomic E-state index is 11.8. The number of hydrogen-bond acceptors (Lipinski definition) is 7. The molecule has 1 aliphatic rings. The van der Waals surface area contributed by atoms with Crippen LogP contribution >= 0.6 is 0 Å². The van der Waals surface area contributed by atoms with Crippen LogP contribution in [0.1, 0.15) is 68.1 Å². The number of nitrogens with two attached hydrogens (primary N) is 2. The average Bonchev–Trinajstić information content (AvgIpc) is 2.93. The molecule has 202 valence electrons. The van der Waals surface area contributed by atoms with Crippen LogP contribution in [0.15, 0.2) is 54.6 Å². The van der Waals surface area contributed by atoms with Crippen LogP contribution in [0.3, 0.4) is 0 Å². The summed E-state index contributed by atoms with van der Waals surface area (Å²) < 4.78 is 10.8. The van der Waals surface area contributed by atoms with Gasteiger partial charge in [0, 0.05) is 12.8 Å². The SMILES string of the molecule is NCCCC[C@H](N)C(=O)OC(=O)CCC#CCc1ccc(OCc2cccc(C3=CCC(O)CC3)c2)cc1. The van der Waals surface area contributed by atoms with Crippen LogP contribution in [-0.2, 0) is 27.4 Å². The van der Waals surface area contributed by atoms with Crippen LogP contribution in [0.25, 0.3) is 5.57 Å². The fourth-order valence-corrected chi connectivity index (χ4v) is 4.10. The average molecular weight is 519 g/mol. The fraction of sp³-hybridized carbons (Fsp3) is 0.419. The van der Waals surface area contributed by atoms with Gasteiger partial charge in [0.25, 0.3) is 0 Å². The van der Waals surface area contributed by atoms with Crippen LogP contribution in [0.5, 0.6) is 5.75 Å². The largest absolute Gasteiger partial charge is 0.489 e. The predicted molar refractivity (Wildman–Crippen MR) is 148 cm³/mol. The summed E-state index contributed by atoms with van der Waals surface area (Å²) >= 11 is 0. The third kappa shape index (κ3) is 10.1. The number of carbonyl (C=O) groups is 2. The monoisotopic (exact) mass is 518 g/mol. The van der Waals surface area contributed by atoms with Crippen LogP contribution in [-0.4, -0.2) is 35.7 Å². The Hall–Kier alpha value is -3.44. The summed E-state index contributed by atoms with van der Waals surface area (Å²) in [4.78, 5) is 23.6. The molecular weight excluding hydrogens is 480 g/mol. The zero-order chi connectivity index (χ0) is 27.2. The second-order valence-corrected chi connectivity index (χ2v) is 9.50. The second kappa shape index (κ2) is 15.7. The number of allylic oxidation sites excluding steroid dienone is 1. The maximum atomic E-state index is 11.8. The molecule has 2 aromatic rings. The summed E-state index contributed by atoms with van der Waals surface area (Å²) in [5.74, 6) is 5.46. The quantitative estimate of drug-likeness (QED) is 0.168. The summed E-state index contributed by atoms with van der Waals surface area (Å²) in [6.45, 7) is 1.01. The van der Waals surface area contributed by atoms with E-state index >= 15 is 0 Å². The number of carbonyl (C=O) groups excluding carboxylic acids is 2. The number of unbranched alkanes of at least 4 members (excludes halogenated alkanes) is 1. The number of aliphatic hydroxyl groups is 1. The normalized spacial score (nSPS) is 15.6. The van der Waals surface area contributed by atoms with E-state index in [0.717, 1.165) is 42.6 Å². The number of benzene rings is 2. The zero-order valence-corrected chi connectivity index (χ0v) is 21.9. The Bertz CT molecular complexity index is 1150. The van der Waals surface area contributed by atoms with Gasteiger partial charge in [-0.3, -0.25) is 4.79 Å². The molecule has 2 atom stereocenters. The second-order valence-electron chi connectivity index (χ2n) is 9.50. The Labute approximate surface area is 225 Å². The van der Waals surface area contributed by atoms with Gasteiger partial charge in [-0.25, -0.2) is 4.79 Å².